The average Bonchev–Trinajstić information content (AvgIpc) is 3.13. The highest BCUT2D eigenvalue weighted by molar-refractivity contribution is 6.31. The average molecular weight is 491 g/mol. The van der Waals surface area contributed by atoms with Gasteiger partial charge in [-0.05, 0) is 53.3 Å². The van der Waals surface area contributed by atoms with Gasteiger partial charge in [0.1, 0.15) is 6.61 Å². The number of amides is 2. The summed E-state index contributed by atoms with van der Waals surface area (Å²) in [4.78, 5) is 36.1. The number of rotatable bonds is 6. The first-order chi connectivity index (χ1) is 16.9. The van der Waals surface area contributed by atoms with Gasteiger partial charge in [0.25, 0.3) is 0 Å². The summed E-state index contributed by atoms with van der Waals surface area (Å²) < 4.78 is 5.57. The Kier molecular flexibility index (Phi) is 6.17. The molecular weight excluding hydrogens is 468 g/mol. The molecule has 0 saturated heterocycles. The van der Waals surface area contributed by atoms with Crippen molar-refractivity contribution >= 4 is 35.3 Å². The fraction of sp³-hybridized carbons (Fsp3) is 0.222. The van der Waals surface area contributed by atoms with Crippen molar-refractivity contribution in [1.29, 1.82) is 0 Å². The monoisotopic (exact) mass is 490 g/mol. The van der Waals surface area contributed by atoms with Crippen LogP contribution in [0.25, 0.3) is 11.1 Å². The predicted molar refractivity (Wildman–Crippen MR) is 132 cm³/mol. The zero-order valence-corrected chi connectivity index (χ0v) is 19.4. The number of halogens is 1. The number of hydrogen-bond donors (Lipinski definition) is 3. The molecule has 178 valence electrons. The summed E-state index contributed by atoms with van der Waals surface area (Å²) in [5.74, 6) is -1.67. The van der Waals surface area contributed by atoms with E-state index in [0.717, 1.165) is 11.1 Å². The van der Waals surface area contributed by atoms with Crippen LogP contribution in [-0.4, -0.2) is 35.7 Å². The molecule has 5 rings (SSSR count). The lowest BCUT2D eigenvalue weighted by Crippen LogP contribution is -2.48. The molecule has 8 heteroatoms. The zero-order valence-electron chi connectivity index (χ0n) is 18.7. The summed E-state index contributed by atoms with van der Waals surface area (Å²) in [5.41, 5.74) is 4.95. The van der Waals surface area contributed by atoms with E-state index in [9.17, 15) is 14.4 Å². The van der Waals surface area contributed by atoms with E-state index in [1.54, 1.807) is 0 Å². The van der Waals surface area contributed by atoms with Gasteiger partial charge in [-0.1, -0.05) is 60.1 Å². The normalized spacial score (nSPS) is 18.1. The highest BCUT2D eigenvalue weighted by Gasteiger charge is 2.36. The molecule has 2 aliphatic carbocycles. The van der Waals surface area contributed by atoms with Crippen molar-refractivity contribution in [3.05, 3.63) is 88.4 Å². The summed E-state index contributed by atoms with van der Waals surface area (Å²) >= 11 is 5.94. The minimum atomic E-state index is -1.13. The second-order valence-electron chi connectivity index (χ2n) is 8.86. The first-order valence-corrected chi connectivity index (χ1v) is 11.7. The van der Waals surface area contributed by atoms with E-state index in [0.29, 0.717) is 18.5 Å². The molecule has 1 saturated carbocycles. The molecule has 0 unspecified atom stereocenters. The van der Waals surface area contributed by atoms with E-state index in [1.165, 1.54) is 29.3 Å². The minimum absolute atomic E-state index is 0.00351. The maximum Gasteiger partial charge on any atom is 0.407 e. The molecule has 0 bridgehead atoms. The number of alkyl carbamates (subject to hydrolysis) is 1. The van der Waals surface area contributed by atoms with Crippen LogP contribution < -0.4 is 10.6 Å². The number of carbonyl (C=O) groups is 3. The molecule has 0 heterocycles. The Balaban J connectivity index is 1.12. The first-order valence-electron chi connectivity index (χ1n) is 11.4. The summed E-state index contributed by atoms with van der Waals surface area (Å²) in [6.45, 7) is 0.233. The number of ether oxygens (including phenoxy) is 1. The highest BCUT2D eigenvalue weighted by atomic mass is 35.5. The smallest absolute Gasteiger partial charge is 0.407 e. The summed E-state index contributed by atoms with van der Waals surface area (Å²) in [6.07, 6.45) is 0.446. The standard InChI is InChI=1S/C27H23ClN2O5/c28-17-9-16(26(32)33)12-19(13-17)29-25(31)15-10-18(11-15)30-27(34)35-14-24-22-7-3-1-5-20(22)21-6-2-4-8-23(21)24/h1-9,12-13,15,18,24H,10-11,14H2,(H,29,31)(H,30,34)(H,32,33). The summed E-state index contributed by atoms with van der Waals surface area (Å²) in [6, 6.07) is 20.3. The van der Waals surface area contributed by atoms with Gasteiger partial charge in [-0.2, -0.15) is 0 Å². The Morgan fingerprint density at radius 3 is 2.20 bits per heavy atom. The third kappa shape index (κ3) is 4.72. The van der Waals surface area contributed by atoms with Crippen LogP contribution in [0, 0.1) is 5.92 Å². The molecule has 35 heavy (non-hydrogen) atoms. The van der Waals surface area contributed by atoms with Crippen molar-refractivity contribution in [3.63, 3.8) is 0 Å². The number of carbonyl (C=O) groups excluding carboxylic acids is 2. The molecule has 0 atom stereocenters. The molecule has 3 aromatic carbocycles. The Labute approximate surface area is 207 Å². The minimum Gasteiger partial charge on any atom is -0.478 e. The Hall–Kier alpha value is -3.84. The van der Waals surface area contributed by atoms with Gasteiger partial charge in [0.15, 0.2) is 0 Å². The number of benzene rings is 3. The molecule has 0 aromatic heterocycles. The van der Waals surface area contributed by atoms with Gasteiger partial charge < -0.3 is 20.5 Å². The third-order valence-corrected chi connectivity index (χ3v) is 6.81. The maximum atomic E-state index is 12.5. The molecule has 0 spiro atoms. The van der Waals surface area contributed by atoms with E-state index in [4.69, 9.17) is 21.4 Å². The van der Waals surface area contributed by atoms with Crippen molar-refractivity contribution in [3.8, 4) is 11.1 Å². The number of carboxylic acids is 1. The van der Waals surface area contributed by atoms with Crippen molar-refractivity contribution < 1.29 is 24.2 Å². The van der Waals surface area contributed by atoms with E-state index >= 15 is 0 Å². The van der Waals surface area contributed by atoms with Crippen LogP contribution in [0.3, 0.4) is 0 Å². The number of aromatic carboxylic acids is 1. The lowest BCUT2D eigenvalue weighted by Gasteiger charge is -2.34. The second kappa shape index (κ2) is 9.43. The first kappa shape index (κ1) is 22.9. The number of hydrogen-bond acceptors (Lipinski definition) is 4. The lowest BCUT2D eigenvalue weighted by molar-refractivity contribution is -0.122. The molecule has 0 radical (unpaired) electrons. The number of nitrogens with one attached hydrogen (secondary N) is 2. The van der Waals surface area contributed by atoms with Gasteiger partial charge in [0.05, 0.1) is 5.56 Å². The van der Waals surface area contributed by atoms with Gasteiger partial charge >= 0.3 is 12.1 Å². The van der Waals surface area contributed by atoms with E-state index < -0.39 is 12.1 Å². The maximum absolute atomic E-state index is 12.5. The largest absolute Gasteiger partial charge is 0.478 e. The Morgan fingerprint density at radius 1 is 0.943 bits per heavy atom. The zero-order chi connectivity index (χ0) is 24.5. The van der Waals surface area contributed by atoms with Gasteiger partial charge in [0.2, 0.25) is 5.91 Å². The van der Waals surface area contributed by atoms with Crippen molar-refractivity contribution in [1.82, 2.24) is 5.32 Å². The molecule has 0 aliphatic heterocycles. The van der Waals surface area contributed by atoms with E-state index in [1.807, 2.05) is 24.3 Å². The third-order valence-electron chi connectivity index (χ3n) is 6.59. The van der Waals surface area contributed by atoms with Crippen LogP contribution in [0.4, 0.5) is 10.5 Å². The quantitative estimate of drug-likeness (QED) is 0.435. The van der Waals surface area contributed by atoms with E-state index in [-0.39, 0.29) is 41.0 Å². The van der Waals surface area contributed by atoms with Crippen molar-refractivity contribution in [2.75, 3.05) is 11.9 Å². The molecule has 3 N–H and O–H groups in total. The van der Waals surface area contributed by atoms with Crippen LogP contribution in [0.15, 0.2) is 66.7 Å². The van der Waals surface area contributed by atoms with Crippen LogP contribution in [0.2, 0.25) is 5.02 Å². The van der Waals surface area contributed by atoms with Crippen LogP contribution in [-0.2, 0) is 9.53 Å². The molecule has 1 fully saturated rings. The molecule has 7 nitrogen and oxygen atoms in total. The summed E-state index contributed by atoms with van der Waals surface area (Å²) in [7, 11) is 0. The molecular formula is C27H23ClN2O5. The van der Waals surface area contributed by atoms with Gasteiger partial charge in [-0.25, -0.2) is 9.59 Å². The lowest BCUT2D eigenvalue weighted by atomic mass is 9.79. The van der Waals surface area contributed by atoms with Gasteiger partial charge in [-0.3, -0.25) is 4.79 Å². The number of fused-ring (bicyclic) bond motifs is 3. The van der Waals surface area contributed by atoms with Gasteiger partial charge in [0, 0.05) is 28.6 Å². The second-order valence-corrected chi connectivity index (χ2v) is 9.29. The van der Waals surface area contributed by atoms with Crippen LogP contribution in [0.1, 0.15) is 40.2 Å². The number of carboxylic acid groups (broad SMARTS) is 1. The predicted octanol–water partition coefficient (Wildman–Crippen LogP) is 5.29. The highest BCUT2D eigenvalue weighted by Crippen LogP contribution is 2.44. The Morgan fingerprint density at radius 2 is 1.57 bits per heavy atom. The van der Waals surface area contributed by atoms with Crippen molar-refractivity contribution in [2.24, 2.45) is 5.92 Å². The topological polar surface area (TPSA) is 105 Å². The molecule has 3 aromatic rings. The molecule has 2 aliphatic rings. The van der Waals surface area contributed by atoms with Gasteiger partial charge in [-0.15, -0.1) is 0 Å². The summed E-state index contributed by atoms with van der Waals surface area (Å²) in [5, 5.41) is 14.9. The fourth-order valence-electron chi connectivity index (χ4n) is 4.79. The van der Waals surface area contributed by atoms with Crippen LogP contribution >= 0.6 is 11.6 Å². The SMILES string of the molecule is O=C(NC1CC(C(=O)Nc2cc(Cl)cc(C(=O)O)c2)C1)OCC1c2ccccc2-c2ccccc21. The molecule has 2 amide bonds. The Bertz CT molecular complexity index is 1270. The van der Waals surface area contributed by atoms with E-state index in [2.05, 4.69) is 34.9 Å². The number of anilines is 1. The van der Waals surface area contributed by atoms with Crippen molar-refractivity contribution in [2.45, 2.75) is 24.8 Å². The van der Waals surface area contributed by atoms with Crippen LogP contribution in [0.5, 0.6) is 0 Å². The fourth-order valence-corrected chi connectivity index (χ4v) is 5.02.